The van der Waals surface area contributed by atoms with Crippen molar-refractivity contribution in [1.29, 1.82) is 0 Å². The van der Waals surface area contributed by atoms with Crippen LogP contribution in [-0.4, -0.2) is 29.9 Å². The van der Waals surface area contributed by atoms with Gasteiger partial charge in [0.05, 0.1) is 11.3 Å². The molecule has 0 unspecified atom stereocenters. The predicted molar refractivity (Wildman–Crippen MR) is 189 cm³/mol. The Morgan fingerprint density at radius 1 is 0.723 bits per heavy atom. The van der Waals surface area contributed by atoms with Gasteiger partial charge in [0, 0.05) is 22.1 Å². The summed E-state index contributed by atoms with van der Waals surface area (Å²) in [5.41, 5.74) is 4.50. The number of rotatable bonds is 9. The molecule has 3 N–H and O–H groups in total. The summed E-state index contributed by atoms with van der Waals surface area (Å²) in [5, 5.41) is 14.8. The van der Waals surface area contributed by atoms with E-state index in [0.29, 0.717) is 29.8 Å². The molecule has 0 atom stereocenters. The average molecular weight is 688 g/mol. The van der Waals surface area contributed by atoms with Crippen molar-refractivity contribution >= 4 is 50.7 Å². The molecule has 8 heteroatoms. The fraction of sp³-hybridized carbons (Fsp3) is 0.0513. The second kappa shape index (κ2) is 16.0. The molecule has 0 fully saturated rings. The Morgan fingerprint density at radius 3 is 2.17 bits per heavy atom. The summed E-state index contributed by atoms with van der Waals surface area (Å²) in [4.78, 5) is 34.7. The quantitative estimate of drug-likeness (QED) is 0.132. The number of para-hydroxylation sites is 2. The van der Waals surface area contributed by atoms with Crippen LogP contribution in [0.2, 0.25) is 0 Å². The molecule has 6 aromatic carbocycles. The average Bonchev–Trinajstić information content (AvgIpc) is 3.10. The molecule has 47 heavy (non-hydrogen) atoms. The first-order chi connectivity index (χ1) is 22.9. The van der Waals surface area contributed by atoms with E-state index in [1.807, 2.05) is 91.0 Å². The van der Waals surface area contributed by atoms with E-state index in [0.717, 1.165) is 43.4 Å². The Hall–Kier alpha value is -5.73. The molecule has 0 heterocycles. The lowest BCUT2D eigenvalue weighted by Crippen LogP contribution is -2.27. The molecule has 0 aliphatic carbocycles. The van der Waals surface area contributed by atoms with Gasteiger partial charge in [-0.2, -0.15) is 0 Å². The van der Waals surface area contributed by atoms with E-state index in [2.05, 4.69) is 50.8 Å². The van der Waals surface area contributed by atoms with Gasteiger partial charge in [-0.05, 0) is 76.9 Å². The van der Waals surface area contributed by atoms with E-state index in [1.165, 1.54) is 0 Å². The lowest BCUT2D eigenvalue weighted by Gasteiger charge is -2.13. The summed E-state index contributed by atoms with van der Waals surface area (Å²) >= 11 is 3.46. The fourth-order valence-corrected chi connectivity index (χ4v) is 5.38. The predicted octanol–water partition coefficient (Wildman–Crippen LogP) is 8.99. The second-order valence-electron chi connectivity index (χ2n) is 10.4. The Bertz CT molecular complexity index is 2000. The summed E-state index contributed by atoms with van der Waals surface area (Å²) in [6, 6.07) is 44.7. The van der Waals surface area contributed by atoms with Crippen molar-refractivity contribution in [2.75, 3.05) is 11.9 Å². The highest BCUT2D eigenvalue weighted by atomic mass is 79.9. The first-order valence-electron chi connectivity index (χ1n) is 14.8. The summed E-state index contributed by atoms with van der Waals surface area (Å²) < 4.78 is 6.88. The molecule has 0 aromatic heterocycles. The van der Waals surface area contributed by atoms with Crippen LogP contribution in [-0.2, 0) is 11.2 Å². The molecule has 0 aliphatic heterocycles. The number of carbonyl (C=O) groups is 3. The largest absolute Gasteiger partial charge is 0.483 e. The van der Waals surface area contributed by atoms with Crippen LogP contribution >= 0.6 is 15.9 Å². The number of nitrogens with one attached hydrogen (secondary N) is 2. The van der Waals surface area contributed by atoms with E-state index in [-0.39, 0.29) is 18.3 Å². The third-order valence-electron chi connectivity index (χ3n) is 7.31. The van der Waals surface area contributed by atoms with Crippen LogP contribution in [0, 0.1) is 0 Å². The lowest BCUT2D eigenvalue weighted by atomic mass is 10.0. The Morgan fingerprint density at radius 2 is 1.40 bits per heavy atom. The molecule has 0 saturated carbocycles. The number of carboxylic acid groups (broad SMARTS) is 1. The fourth-order valence-electron chi connectivity index (χ4n) is 5.01. The van der Waals surface area contributed by atoms with E-state index in [9.17, 15) is 9.59 Å². The van der Waals surface area contributed by atoms with Crippen molar-refractivity contribution in [2.24, 2.45) is 0 Å². The minimum absolute atomic E-state index is 0.250. The molecule has 234 valence electrons. The van der Waals surface area contributed by atoms with Crippen molar-refractivity contribution in [3.63, 3.8) is 0 Å². The van der Waals surface area contributed by atoms with Gasteiger partial charge in [-0.1, -0.05) is 107 Å². The minimum atomic E-state index is -0.275. The van der Waals surface area contributed by atoms with E-state index in [4.69, 9.17) is 14.6 Å². The van der Waals surface area contributed by atoms with Gasteiger partial charge in [0.2, 0.25) is 0 Å². The molecular weight excluding hydrogens is 656 g/mol. The molecule has 0 bridgehead atoms. The van der Waals surface area contributed by atoms with Gasteiger partial charge in [0.1, 0.15) is 11.5 Å². The van der Waals surface area contributed by atoms with Crippen molar-refractivity contribution in [3.05, 3.63) is 161 Å². The third-order valence-corrected chi connectivity index (χ3v) is 7.80. The lowest BCUT2D eigenvalue weighted by molar-refractivity contribution is -0.122. The van der Waals surface area contributed by atoms with E-state index >= 15 is 0 Å². The van der Waals surface area contributed by atoms with Gasteiger partial charge in [-0.25, -0.2) is 0 Å². The molecule has 0 spiro atoms. The van der Waals surface area contributed by atoms with Crippen LogP contribution in [0.3, 0.4) is 0 Å². The topological polar surface area (TPSA) is 105 Å². The van der Waals surface area contributed by atoms with Crippen LogP contribution in [0.4, 0.5) is 5.69 Å². The monoisotopic (exact) mass is 686 g/mol. The van der Waals surface area contributed by atoms with Gasteiger partial charge < -0.3 is 20.5 Å². The van der Waals surface area contributed by atoms with Crippen molar-refractivity contribution in [3.8, 4) is 22.6 Å². The Kier molecular flexibility index (Phi) is 11.1. The zero-order chi connectivity index (χ0) is 33.0. The molecule has 7 nitrogen and oxygen atoms in total. The zero-order valence-corrected chi connectivity index (χ0v) is 26.8. The maximum atomic E-state index is 13.2. The first kappa shape index (κ1) is 32.7. The summed E-state index contributed by atoms with van der Waals surface area (Å²) in [5.74, 6) is 1.04. The maximum Gasteiger partial charge on any atom is 0.290 e. The van der Waals surface area contributed by atoms with Crippen LogP contribution in [0.5, 0.6) is 11.5 Å². The number of fused-ring (bicyclic) bond motifs is 1. The van der Waals surface area contributed by atoms with Crippen LogP contribution < -0.4 is 15.4 Å². The first-order valence-corrected chi connectivity index (χ1v) is 15.6. The number of carbonyl (C=O) groups excluding carboxylic acids is 2. The number of benzene rings is 6. The van der Waals surface area contributed by atoms with Crippen molar-refractivity contribution in [1.82, 2.24) is 5.32 Å². The highest BCUT2D eigenvalue weighted by Crippen LogP contribution is 2.33. The molecular formula is C39H31BrN2O5. The molecule has 6 rings (SSSR count). The van der Waals surface area contributed by atoms with Gasteiger partial charge in [-0.3, -0.25) is 14.4 Å². The van der Waals surface area contributed by atoms with Gasteiger partial charge in [0.25, 0.3) is 18.3 Å². The maximum absolute atomic E-state index is 13.2. The normalized spacial score (nSPS) is 10.3. The Balaban J connectivity index is 0.00000139. The SMILES string of the molecule is O=C(Nc1ccc(Br)cc1C(=O)NCCc1ccc(-c2ccccc2Oc2ccccc2)cc1)c1ccc2ccccc2c1.O=CO. The van der Waals surface area contributed by atoms with Crippen LogP contribution in [0.25, 0.3) is 21.9 Å². The summed E-state index contributed by atoms with van der Waals surface area (Å²) in [6.45, 7) is 0.191. The number of halogens is 1. The smallest absolute Gasteiger partial charge is 0.290 e. The minimum Gasteiger partial charge on any atom is -0.483 e. The van der Waals surface area contributed by atoms with Crippen molar-refractivity contribution < 1.29 is 24.2 Å². The Labute approximate surface area is 281 Å². The highest BCUT2D eigenvalue weighted by Gasteiger charge is 2.16. The standard InChI is InChI=1S/C38H29BrN2O3.CH2O2/c39-31-20-21-35(41-37(42)30-19-18-27-8-4-5-9-29(27)24-30)34(25-31)38(43)40-23-22-26-14-16-28(17-15-26)33-12-6-7-13-36(33)44-32-10-2-1-3-11-32;2-1-3/h1-21,24-25H,22-23H2,(H,40,43)(H,41,42);1H,(H,2,3). The number of ether oxygens (including phenoxy) is 1. The molecule has 0 saturated heterocycles. The molecule has 6 aromatic rings. The highest BCUT2D eigenvalue weighted by molar-refractivity contribution is 9.10. The van der Waals surface area contributed by atoms with E-state index < -0.39 is 0 Å². The van der Waals surface area contributed by atoms with Gasteiger partial charge >= 0.3 is 0 Å². The third kappa shape index (κ3) is 8.71. The molecule has 0 radical (unpaired) electrons. The number of amides is 2. The zero-order valence-electron chi connectivity index (χ0n) is 25.2. The van der Waals surface area contributed by atoms with Gasteiger partial charge in [-0.15, -0.1) is 0 Å². The second-order valence-corrected chi connectivity index (χ2v) is 11.3. The molecule has 0 aliphatic rings. The summed E-state index contributed by atoms with van der Waals surface area (Å²) in [6.07, 6.45) is 0.654. The van der Waals surface area contributed by atoms with Gasteiger partial charge in [0.15, 0.2) is 0 Å². The number of anilines is 1. The number of hydrogen-bond acceptors (Lipinski definition) is 4. The molecule has 2 amide bonds. The summed E-state index contributed by atoms with van der Waals surface area (Å²) in [7, 11) is 0. The van der Waals surface area contributed by atoms with Crippen LogP contribution in [0.15, 0.2) is 144 Å². The van der Waals surface area contributed by atoms with E-state index in [1.54, 1.807) is 24.3 Å². The number of hydrogen-bond donors (Lipinski definition) is 3. The van der Waals surface area contributed by atoms with Crippen molar-refractivity contribution in [2.45, 2.75) is 6.42 Å². The van der Waals surface area contributed by atoms with Crippen LogP contribution in [0.1, 0.15) is 26.3 Å².